The van der Waals surface area contributed by atoms with Crippen LogP contribution in [0, 0.1) is 5.92 Å². The predicted octanol–water partition coefficient (Wildman–Crippen LogP) is 2.94. The Morgan fingerprint density at radius 3 is 2.50 bits per heavy atom. The van der Waals surface area contributed by atoms with E-state index in [0.29, 0.717) is 5.02 Å². The molecule has 2 aliphatic rings. The Kier molecular flexibility index (Phi) is 6.35. The SMILES string of the molecule is CC(=O)NC(C(=O)OC1CCN(c2ccc(Cl)cn2)CC1)C1CCCC1. The van der Waals surface area contributed by atoms with Crippen molar-refractivity contribution in [1.29, 1.82) is 0 Å². The monoisotopic (exact) mass is 379 g/mol. The number of carbonyl (C=O) groups excluding carboxylic acids is 2. The Morgan fingerprint density at radius 2 is 1.92 bits per heavy atom. The molecule has 1 aromatic heterocycles. The molecule has 0 radical (unpaired) electrons. The molecule has 0 spiro atoms. The van der Waals surface area contributed by atoms with Crippen LogP contribution in [0.5, 0.6) is 0 Å². The molecule has 142 valence electrons. The number of anilines is 1. The molecule has 6 nitrogen and oxygen atoms in total. The minimum Gasteiger partial charge on any atom is -0.461 e. The summed E-state index contributed by atoms with van der Waals surface area (Å²) >= 11 is 5.88. The van der Waals surface area contributed by atoms with Crippen LogP contribution in [0.15, 0.2) is 18.3 Å². The third-order valence-corrected chi connectivity index (χ3v) is 5.47. The summed E-state index contributed by atoms with van der Waals surface area (Å²) in [6.45, 7) is 3.01. The summed E-state index contributed by atoms with van der Waals surface area (Å²) < 4.78 is 5.75. The van der Waals surface area contributed by atoms with Gasteiger partial charge in [0.15, 0.2) is 0 Å². The first-order valence-corrected chi connectivity index (χ1v) is 9.75. The fraction of sp³-hybridized carbons (Fsp3) is 0.632. The molecule has 2 fully saturated rings. The van der Waals surface area contributed by atoms with E-state index in [1.54, 1.807) is 6.20 Å². The topological polar surface area (TPSA) is 71.5 Å². The molecule has 1 amide bonds. The number of ether oxygens (including phenoxy) is 1. The van der Waals surface area contributed by atoms with E-state index in [1.807, 2.05) is 12.1 Å². The first-order valence-electron chi connectivity index (χ1n) is 9.37. The quantitative estimate of drug-likeness (QED) is 0.796. The zero-order valence-electron chi connectivity index (χ0n) is 15.1. The molecule has 1 aromatic rings. The van der Waals surface area contributed by atoms with Gasteiger partial charge in [0.25, 0.3) is 0 Å². The maximum atomic E-state index is 12.6. The van der Waals surface area contributed by atoms with Gasteiger partial charge in [0, 0.05) is 39.1 Å². The molecular formula is C19H26ClN3O3. The number of esters is 1. The highest BCUT2D eigenvalue weighted by molar-refractivity contribution is 6.30. The van der Waals surface area contributed by atoms with Crippen molar-refractivity contribution in [2.45, 2.75) is 57.6 Å². The highest BCUT2D eigenvalue weighted by Gasteiger charge is 2.34. The molecule has 1 aliphatic carbocycles. The molecule has 0 bridgehead atoms. The number of amides is 1. The van der Waals surface area contributed by atoms with Crippen LogP contribution in [0.25, 0.3) is 0 Å². The van der Waals surface area contributed by atoms with E-state index in [4.69, 9.17) is 16.3 Å². The molecular weight excluding hydrogens is 354 g/mol. The number of halogens is 1. The summed E-state index contributed by atoms with van der Waals surface area (Å²) in [7, 11) is 0. The van der Waals surface area contributed by atoms with Gasteiger partial charge in [-0.05, 0) is 30.9 Å². The molecule has 26 heavy (non-hydrogen) atoms. The number of nitrogens with one attached hydrogen (secondary N) is 1. The van der Waals surface area contributed by atoms with Crippen molar-refractivity contribution >= 4 is 29.3 Å². The van der Waals surface area contributed by atoms with E-state index in [2.05, 4.69) is 15.2 Å². The van der Waals surface area contributed by atoms with Gasteiger partial charge in [-0.2, -0.15) is 0 Å². The second-order valence-corrected chi connectivity index (χ2v) is 7.62. The van der Waals surface area contributed by atoms with E-state index < -0.39 is 6.04 Å². The van der Waals surface area contributed by atoms with Crippen molar-refractivity contribution in [3.05, 3.63) is 23.4 Å². The third kappa shape index (κ3) is 4.87. The largest absolute Gasteiger partial charge is 0.461 e. The zero-order chi connectivity index (χ0) is 18.5. The van der Waals surface area contributed by atoms with Crippen LogP contribution >= 0.6 is 11.6 Å². The fourth-order valence-corrected chi connectivity index (χ4v) is 3.99. The lowest BCUT2D eigenvalue weighted by molar-refractivity contribution is -0.155. The minimum atomic E-state index is -0.508. The molecule has 0 aromatic carbocycles. The van der Waals surface area contributed by atoms with Gasteiger partial charge in [-0.3, -0.25) is 4.79 Å². The lowest BCUT2D eigenvalue weighted by Crippen LogP contribution is -2.47. The number of hydrogen-bond acceptors (Lipinski definition) is 5. The van der Waals surface area contributed by atoms with Gasteiger partial charge in [0.05, 0.1) is 5.02 Å². The smallest absolute Gasteiger partial charge is 0.329 e. The summed E-state index contributed by atoms with van der Waals surface area (Å²) in [5.74, 6) is 0.628. The number of carbonyl (C=O) groups is 2. The van der Waals surface area contributed by atoms with Gasteiger partial charge in [0.1, 0.15) is 18.0 Å². The molecule has 3 rings (SSSR count). The van der Waals surface area contributed by atoms with Crippen molar-refractivity contribution in [2.75, 3.05) is 18.0 Å². The lowest BCUT2D eigenvalue weighted by atomic mass is 9.98. The molecule has 1 aliphatic heterocycles. The van der Waals surface area contributed by atoms with Gasteiger partial charge in [0.2, 0.25) is 5.91 Å². The maximum Gasteiger partial charge on any atom is 0.329 e. The van der Waals surface area contributed by atoms with Crippen molar-refractivity contribution < 1.29 is 14.3 Å². The van der Waals surface area contributed by atoms with Gasteiger partial charge in [-0.15, -0.1) is 0 Å². The Morgan fingerprint density at radius 1 is 1.23 bits per heavy atom. The fourth-order valence-electron chi connectivity index (χ4n) is 3.87. The summed E-state index contributed by atoms with van der Waals surface area (Å²) in [4.78, 5) is 30.6. The van der Waals surface area contributed by atoms with Crippen LogP contribution in [0.1, 0.15) is 45.4 Å². The number of rotatable bonds is 5. The number of hydrogen-bond donors (Lipinski definition) is 1. The summed E-state index contributed by atoms with van der Waals surface area (Å²) in [5.41, 5.74) is 0. The summed E-state index contributed by atoms with van der Waals surface area (Å²) in [5, 5.41) is 3.42. The van der Waals surface area contributed by atoms with E-state index in [-0.39, 0.29) is 23.9 Å². The molecule has 1 unspecified atom stereocenters. The van der Waals surface area contributed by atoms with Gasteiger partial charge in [-0.25, -0.2) is 9.78 Å². The molecule has 1 N–H and O–H groups in total. The first kappa shape index (κ1) is 19.0. The second kappa shape index (κ2) is 8.71. The van der Waals surface area contributed by atoms with E-state index in [0.717, 1.165) is 57.4 Å². The number of pyridine rings is 1. The minimum absolute atomic E-state index is 0.108. The molecule has 1 atom stereocenters. The van der Waals surface area contributed by atoms with Gasteiger partial charge in [-0.1, -0.05) is 24.4 Å². The zero-order valence-corrected chi connectivity index (χ0v) is 15.9. The van der Waals surface area contributed by atoms with Gasteiger partial charge >= 0.3 is 5.97 Å². The van der Waals surface area contributed by atoms with Crippen LogP contribution in [-0.2, 0) is 14.3 Å². The van der Waals surface area contributed by atoms with Crippen LogP contribution in [0.2, 0.25) is 5.02 Å². The lowest BCUT2D eigenvalue weighted by Gasteiger charge is -2.33. The summed E-state index contributed by atoms with van der Waals surface area (Å²) in [6.07, 6.45) is 7.22. The normalized spacial score (nSPS) is 20.0. The van der Waals surface area contributed by atoms with Crippen LogP contribution in [0.3, 0.4) is 0 Å². The number of aromatic nitrogens is 1. The molecule has 7 heteroatoms. The average molecular weight is 380 g/mol. The van der Waals surface area contributed by atoms with E-state index >= 15 is 0 Å². The summed E-state index contributed by atoms with van der Waals surface area (Å²) in [6, 6.07) is 3.22. The predicted molar refractivity (Wildman–Crippen MR) is 100 cm³/mol. The van der Waals surface area contributed by atoms with Gasteiger partial charge < -0.3 is 15.0 Å². The van der Waals surface area contributed by atoms with Crippen molar-refractivity contribution in [3.8, 4) is 0 Å². The maximum absolute atomic E-state index is 12.6. The Hall–Kier alpha value is -1.82. The molecule has 1 saturated carbocycles. The Bertz CT molecular complexity index is 623. The average Bonchev–Trinajstić information content (AvgIpc) is 3.15. The number of piperidine rings is 1. The highest BCUT2D eigenvalue weighted by atomic mass is 35.5. The molecule has 2 heterocycles. The van der Waals surface area contributed by atoms with Crippen LogP contribution in [0.4, 0.5) is 5.82 Å². The third-order valence-electron chi connectivity index (χ3n) is 5.24. The Balaban J connectivity index is 1.53. The van der Waals surface area contributed by atoms with Crippen molar-refractivity contribution in [1.82, 2.24) is 10.3 Å². The second-order valence-electron chi connectivity index (χ2n) is 7.18. The number of nitrogens with zero attached hydrogens (tertiary/aromatic N) is 2. The Labute approximate surface area is 159 Å². The standard InChI is InChI=1S/C19H26ClN3O3/c1-13(24)22-18(14-4-2-3-5-14)19(25)26-16-8-10-23(11-9-16)17-7-6-15(20)12-21-17/h6-7,12,14,16,18H,2-5,8-11H2,1H3,(H,22,24). The molecule has 1 saturated heterocycles. The van der Waals surface area contributed by atoms with E-state index in [9.17, 15) is 9.59 Å². The highest BCUT2D eigenvalue weighted by Crippen LogP contribution is 2.29. The van der Waals surface area contributed by atoms with Crippen molar-refractivity contribution in [3.63, 3.8) is 0 Å². The first-order chi connectivity index (χ1) is 12.5. The van der Waals surface area contributed by atoms with Crippen molar-refractivity contribution in [2.24, 2.45) is 5.92 Å². The van der Waals surface area contributed by atoms with Crippen LogP contribution in [-0.4, -0.2) is 42.1 Å². The van der Waals surface area contributed by atoms with Crippen LogP contribution < -0.4 is 10.2 Å². The van der Waals surface area contributed by atoms with E-state index in [1.165, 1.54) is 6.92 Å².